The molecule has 0 bridgehead atoms. The van der Waals surface area contributed by atoms with Crippen LogP contribution in [-0.2, 0) is 0 Å². The quantitative estimate of drug-likeness (QED) is 0.305. The van der Waals surface area contributed by atoms with Gasteiger partial charge in [0.15, 0.2) is 5.78 Å². The molecule has 0 unspecified atom stereocenters. The molecule has 1 rings (SSSR count). The van der Waals surface area contributed by atoms with Crippen molar-refractivity contribution in [1.29, 1.82) is 0 Å². The van der Waals surface area contributed by atoms with Crippen LogP contribution in [-0.4, -0.2) is 24.2 Å². The molecule has 0 amide bonds. The molecule has 0 fully saturated rings. The minimum atomic E-state index is -4.58. The number of ketones is 1. The molecule has 0 saturated heterocycles. The van der Waals surface area contributed by atoms with E-state index < -0.39 is 18.3 Å². The molecular formula is C13H13ClF4O2. The average Bonchev–Trinajstić information content (AvgIpc) is 2.38. The number of Topliss-reactive ketones (excluding diaryl/α,β-unsaturated/α-hetero) is 1. The highest BCUT2D eigenvalue weighted by molar-refractivity contribution is 6.17. The van der Waals surface area contributed by atoms with Crippen LogP contribution in [0.15, 0.2) is 24.3 Å². The smallest absolute Gasteiger partial charge is 0.428 e. The fraction of sp³-hybridized carbons (Fsp3) is 0.462. The number of carbonyl (C=O) groups is 1. The standard InChI is InChI=1S/C13H13ClF4O2/c14-7-2-1-6-11(19)9-4-3-5-10(8-9)20-13(17,18)12(15)16/h3-5,8,12H,1-2,6-7H2. The maximum atomic E-state index is 12.7. The SMILES string of the molecule is O=C(CCCCCl)c1cccc(OC(F)(F)C(F)F)c1. The van der Waals surface area contributed by atoms with Crippen LogP contribution in [0.5, 0.6) is 5.75 Å². The lowest BCUT2D eigenvalue weighted by atomic mass is 10.1. The second kappa shape index (κ2) is 7.47. The van der Waals surface area contributed by atoms with Crippen LogP contribution in [0, 0.1) is 0 Å². The predicted octanol–water partition coefficient (Wildman–Crippen LogP) is 4.52. The number of ether oxygens (including phenoxy) is 1. The van der Waals surface area contributed by atoms with Crippen LogP contribution < -0.4 is 4.74 Å². The Hall–Kier alpha value is -1.30. The lowest BCUT2D eigenvalue weighted by molar-refractivity contribution is -0.253. The Kier molecular flexibility index (Phi) is 6.26. The first-order valence-electron chi connectivity index (χ1n) is 5.91. The Bertz CT molecular complexity index is 452. The zero-order valence-corrected chi connectivity index (χ0v) is 11.2. The predicted molar refractivity (Wildman–Crippen MR) is 66.9 cm³/mol. The molecule has 7 heteroatoms. The second-order valence-electron chi connectivity index (χ2n) is 4.06. The molecule has 0 spiro atoms. The molecule has 112 valence electrons. The van der Waals surface area contributed by atoms with Gasteiger partial charge in [0, 0.05) is 17.9 Å². The first-order valence-corrected chi connectivity index (χ1v) is 6.44. The fourth-order valence-electron chi connectivity index (χ4n) is 1.46. The van der Waals surface area contributed by atoms with Gasteiger partial charge in [-0.25, -0.2) is 0 Å². The molecule has 0 N–H and O–H groups in total. The summed E-state index contributed by atoms with van der Waals surface area (Å²) < 4.78 is 53.4. The Morgan fingerprint density at radius 1 is 1.30 bits per heavy atom. The third kappa shape index (κ3) is 5.00. The summed E-state index contributed by atoms with van der Waals surface area (Å²) in [7, 11) is 0. The molecule has 0 aromatic heterocycles. The lowest BCUT2D eigenvalue weighted by Crippen LogP contribution is -2.33. The molecule has 1 aromatic carbocycles. The highest BCUT2D eigenvalue weighted by Gasteiger charge is 2.44. The Labute approximate surface area is 118 Å². The summed E-state index contributed by atoms with van der Waals surface area (Å²) in [6, 6.07) is 4.83. The average molecular weight is 313 g/mol. The number of unbranched alkanes of at least 4 members (excludes halogenated alkanes) is 1. The Balaban J connectivity index is 2.73. The zero-order chi connectivity index (χ0) is 15.2. The number of alkyl halides is 5. The molecule has 0 heterocycles. The summed E-state index contributed by atoms with van der Waals surface area (Å²) in [6.45, 7) is 0. The molecule has 1 aromatic rings. The van der Waals surface area contributed by atoms with Gasteiger partial charge in [0.2, 0.25) is 0 Å². The van der Waals surface area contributed by atoms with Crippen LogP contribution in [0.25, 0.3) is 0 Å². The molecular weight excluding hydrogens is 300 g/mol. The number of carbonyl (C=O) groups excluding carboxylic acids is 1. The largest absolute Gasteiger partial charge is 0.461 e. The summed E-state index contributed by atoms with van der Waals surface area (Å²) in [5.41, 5.74) is 0.141. The number of benzene rings is 1. The van der Waals surface area contributed by atoms with Crippen molar-refractivity contribution in [3.05, 3.63) is 29.8 Å². The van der Waals surface area contributed by atoms with Crippen molar-refractivity contribution in [3.63, 3.8) is 0 Å². The van der Waals surface area contributed by atoms with Gasteiger partial charge in [-0.2, -0.15) is 17.6 Å². The number of halogens is 5. The van der Waals surface area contributed by atoms with Gasteiger partial charge in [0.05, 0.1) is 0 Å². The molecule has 20 heavy (non-hydrogen) atoms. The van der Waals surface area contributed by atoms with E-state index in [2.05, 4.69) is 4.74 Å². The summed E-state index contributed by atoms with van der Waals surface area (Å²) in [4.78, 5) is 11.7. The first-order chi connectivity index (χ1) is 9.36. The van der Waals surface area contributed by atoms with Gasteiger partial charge in [-0.3, -0.25) is 4.79 Å². The molecule has 0 radical (unpaired) electrons. The topological polar surface area (TPSA) is 26.3 Å². The highest BCUT2D eigenvalue weighted by Crippen LogP contribution is 2.28. The molecule has 0 aliphatic rings. The molecule has 0 aliphatic carbocycles. The van der Waals surface area contributed by atoms with Crippen molar-refractivity contribution in [3.8, 4) is 5.75 Å². The minimum Gasteiger partial charge on any atom is -0.428 e. The van der Waals surface area contributed by atoms with Crippen molar-refractivity contribution >= 4 is 17.4 Å². The summed E-state index contributed by atoms with van der Waals surface area (Å²) >= 11 is 5.47. The maximum absolute atomic E-state index is 12.7. The van der Waals surface area contributed by atoms with Gasteiger partial charge in [0.25, 0.3) is 0 Å². The molecule has 2 nitrogen and oxygen atoms in total. The van der Waals surface area contributed by atoms with E-state index in [1.165, 1.54) is 12.1 Å². The van der Waals surface area contributed by atoms with Crippen LogP contribution in [0.4, 0.5) is 17.6 Å². The van der Waals surface area contributed by atoms with Gasteiger partial charge in [-0.05, 0) is 25.0 Å². The van der Waals surface area contributed by atoms with Crippen LogP contribution in [0.3, 0.4) is 0 Å². The fourth-order valence-corrected chi connectivity index (χ4v) is 1.65. The van der Waals surface area contributed by atoms with Gasteiger partial charge in [-0.15, -0.1) is 11.6 Å². The summed E-state index contributed by atoms with van der Waals surface area (Å²) in [6.07, 6.45) is -7.08. The van der Waals surface area contributed by atoms with E-state index >= 15 is 0 Å². The van der Waals surface area contributed by atoms with Gasteiger partial charge in [-0.1, -0.05) is 12.1 Å². The minimum absolute atomic E-state index is 0.141. The van der Waals surface area contributed by atoms with Crippen molar-refractivity contribution in [1.82, 2.24) is 0 Å². The van der Waals surface area contributed by atoms with E-state index in [4.69, 9.17) is 11.6 Å². The van der Waals surface area contributed by atoms with Crippen molar-refractivity contribution in [2.24, 2.45) is 0 Å². The van der Waals surface area contributed by atoms with Gasteiger partial charge < -0.3 is 4.74 Å². The van der Waals surface area contributed by atoms with Crippen LogP contribution >= 0.6 is 11.6 Å². The van der Waals surface area contributed by atoms with Gasteiger partial charge in [0.1, 0.15) is 5.75 Å². The van der Waals surface area contributed by atoms with Crippen LogP contribution in [0.2, 0.25) is 0 Å². The third-order valence-corrected chi connectivity index (χ3v) is 2.72. The summed E-state index contributed by atoms with van der Waals surface area (Å²) in [5, 5.41) is 0. The number of hydrogen-bond donors (Lipinski definition) is 0. The van der Waals surface area contributed by atoms with Crippen molar-refractivity contribution < 1.29 is 27.1 Å². The number of rotatable bonds is 8. The maximum Gasteiger partial charge on any atom is 0.461 e. The number of hydrogen-bond acceptors (Lipinski definition) is 2. The van der Waals surface area contributed by atoms with E-state index in [-0.39, 0.29) is 17.8 Å². The van der Waals surface area contributed by atoms with Crippen molar-refractivity contribution in [2.75, 3.05) is 5.88 Å². The van der Waals surface area contributed by atoms with Crippen LogP contribution in [0.1, 0.15) is 29.6 Å². The Morgan fingerprint density at radius 3 is 2.60 bits per heavy atom. The van der Waals surface area contributed by atoms with E-state index in [0.29, 0.717) is 18.7 Å². The summed E-state index contributed by atoms with van der Waals surface area (Å²) in [5.74, 6) is -0.323. The lowest BCUT2D eigenvalue weighted by Gasteiger charge is -2.17. The van der Waals surface area contributed by atoms with Gasteiger partial charge >= 0.3 is 12.5 Å². The normalized spacial score (nSPS) is 11.7. The third-order valence-electron chi connectivity index (χ3n) is 2.45. The second-order valence-corrected chi connectivity index (χ2v) is 4.44. The van der Waals surface area contributed by atoms with Crippen molar-refractivity contribution in [2.45, 2.75) is 31.8 Å². The monoisotopic (exact) mass is 312 g/mol. The first kappa shape index (κ1) is 16.8. The van der Waals surface area contributed by atoms with E-state index in [9.17, 15) is 22.4 Å². The Morgan fingerprint density at radius 2 is 2.00 bits per heavy atom. The molecule has 0 saturated carbocycles. The van der Waals surface area contributed by atoms with E-state index in [0.717, 1.165) is 12.1 Å². The molecule has 0 atom stereocenters. The highest BCUT2D eigenvalue weighted by atomic mass is 35.5. The van der Waals surface area contributed by atoms with E-state index in [1.54, 1.807) is 0 Å². The van der Waals surface area contributed by atoms with E-state index in [1.807, 2.05) is 0 Å². The zero-order valence-electron chi connectivity index (χ0n) is 10.4. The molecule has 0 aliphatic heterocycles.